The third-order valence-corrected chi connectivity index (χ3v) is 6.15. The molecular formula is C18H21ClFN3O2S. The fourth-order valence-electron chi connectivity index (χ4n) is 2.90. The molecule has 1 heterocycles. The van der Waals surface area contributed by atoms with Gasteiger partial charge in [-0.15, -0.1) is 0 Å². The minimum Gasteiger partial charge on any atom is -0.381 e. The third-order valence-electron chi connectivity index (χ3n) is 4.42. The SMILES string of the molecule is CN1CCC(Nc2cc(NS(=O)(=O)c3ccc(F)cc3)ccc2Cl)CC1. The van der Waals surface area contributed by atoms with Crippen LogP contribution in [-0.4, -0.2) is 39.5 Å². The summed E-state index contributed by atoms with van der Waals surface area (Å²) in [5, 5.41) is 3.94. The van der Waals surface area contributed by atoms with Gasteiger partial charge in [0.15, 0.2) is 0 Å². The quantitative estimate of drug-likeness (QED) is 0.805. The zero-order valence-electron chi connectivity index (χ0n) is 14.4. The lowest BCUT2D eigenvalue weighted by molar-refractivity contribution is 0.264. The zero-order valence-corrected chi connectivity index (χ0v) is 15.9. The van der Waals surface area contributed by atoms with Crippen molar-refractivity contribution in [2.75, 3.05) is 30.2 Å². The highest BCUT2D eigenvalue weighted by atomic mass is 35.5. The Morgan fingerprint density at radius 2 is 1.77 bits per heavy atom. The standard InChI is InChI=1S/C18H21ClFN3O2S/c1-23-10-8-14(9-11-23)21-18-12-15(4-7-17(18)19)22-26(24,25)16-5-2-13(20)3-6-16/h2-7,12,14,21-22H,8-11H2,1H3. The zero-order chi connectivity index (χ0) is 18.7. The Balaban J connectivity index is 1.75. The number of rotatable bonds is 5. The van der Waals surface area contributed by atoms with Gasteiger partial charge in [-0.05, 0) is 75.4 Å². The number of piperidine rings is 1. The predicted octanol–water partition coefficient (Wildman–Crippen LogP) is 3.79. The van der Waals surface area contributed by atoms with E-state index in [9.17, 15) is 12.8 Å². The molecule has 5 nitrogen and oxygen atoms in total. The monoisotopic (exact) mass is 397 g/mol. The molecule has 26 heavy (non-hydrogen) atoms. The first-order chi connectivity index (χ1) is 12.3. The van der Waals surface area contributed by atoms with Crippen LogP contribution in [0.15, 0.2) is 47.4 Å². The van der Waals surface area contributed by atoms with Gasteiger partial charge < -0.3 is 10.2 Å². The number of likely N-dealkylation sites (tertiary alicyclic amines) is 1. The van der Waals surface area contributed by atoms with Gasteiger partial charge in [0.05, 0.1) is 21.3 Å². The average molecular weight is 398 g/mol. The summed E-state index contributed by atoms with van der Waals surface area (Å²) in [5.74, 6) is -0.486. The number of halogens is 2. The van der Waals surface area contributed by atoms with Crippen LogP contribution >= 0.6 is 11.6 Å². The van der Waals surface area contributed by atoms with Crippen molar-refractivity contribution in [1.29, 1.82) is 0 Å². The summed E-state index contributed by atoms with van der Waals surface area (Å²) in [6.45, 7) is 2.01. The van der Waals surface area contributed by atoms with Gasteiger partial charge in [0, 0.05) is 6.04 Å². The first-order valence-corrected chi connectivity index (χ1v) is 10.2. The molecule has 0 atom stereocenters. The maximum Gasteiger partial charge on any atom is 0.261 e. The Hall–Kier alpha value is -1.83. The fraction of sp³-hybridized carbons (Fsp3) is 0.333. The van der Waals surface area contributed by atoms with Gasteiger partial charge in [-0.3, -0.25) is 4.72 Å². The molecule has 2 aromatic rings. The van der Waals surface area contributed by atoms with Gasteiger partial charge in [-0.1, -0.05) is 11.6 Å². The highest BCUT2D eigenvalue weighted by molar-refractivity contribution is 7.92. The molecule has 0 aliphatic carbocycles. The van der Waals surface area contributed by atoms with E-state index in [4.69, 9.17) is 11.6 Å². The van der Waals surface area contributed by atoms with Crippen LogP contribution in [0.1, 0.15) is 12.8 Å². The van der Waals surface area contributed by atoms with Crippen LogP contribution in [-0.2, 0) is 10.0 Å². The van der Waals surface area contributed by atoms with Crippen LogP contribution in [0, 0.1) is 5.82 Å². The van der Waals surface area contributed by atoms with Crippen molar-refractivity contribution in [3.05, 3.63) is 53.3 Å². The molecule has 0 bridgehead atoms. The molecule has 2 aromatic carbocycles. The topological polar surface area (TPSA) is 61.4 Å². The number of benzene rings is 2. The molecule has 0 spiro atoms. The first-order valence-electron chi connectivity index (χ1n) is 8.36. The van der Waals surface area contributed by atoms with E-state index < -0.39 is 15.8 Å². The van der Waals surface area contributed by atoms with Gasteiger partial charge in [0.2, 0.25) is 0 Å². The van der Waals surface area contributed by atoms with Gasteiger partial charge in [-0.25, -0.2) is 12.8 Å². The normalized spacial score (nSPS) is 16.4. The lowest BCUT2D eigenvalue weighted by atomic mass is 10.1. The minimum absolute atomic E-state index is 0.00123. The summed E-state index contributed by atoms with van der Waals surface area (Å²) in [6.07, 6.45) is 2.00. The van der Waals surface area contributed by atoms with Crippen LogP contribution in [0.5, 0.6) is 0 Å². The van der Waals surface area contributed by atoms with Gasteiger partial charge in [0.1, 0.15) is 5.82 Å². The Morgan fingerprint density at radius 3 is 2.42 bits per heavy atom. The van der Waals surface area contributed by atoms with Crippen molar-refractivity contribution < 1.29 is 12.8 Å². The van der Waals surface area contributed by atoms with Crippen LogP contribution in [0.2, 0.25) is 5.02 Å². The molecule has 1 aliphatic heterocycles. The largest absolute Gasteiger partial charge is 0.381 e. The number of nitrogens with zero attached hydrogens (tertiary/aromatic N) is 1. The van der Waals surface area contributed by atoms with E-state index in [1.165, 1.54) is 12.1 Å². The summed E-state index contributed by atoms with van der Waals surface area (Å²) in [6, 6.07) is 9.92. The van der Waals surface area contributed by atoms with E-state index >= 15 is 0 Å². The van der Waals surface area contributed by atoms with E-state index in [-0.39, 0.29) is 4.90 Å². The highest BCUT2D eigenvalue weighted by Crippen LogP contribution is 2.29. The van der Waals surface area contributed by atoms with E-state index in [0.717, 1.165) is 38.1 Å². The van der Waals surface area contributed by atoms with Crippen LogP contribution < -0.4 is 10.0 Å². The second kappa shape index (κ2) is 7.82. The molecule has 140 valence electrons. The number of nitrogens with one attached hydrogen (secondary N) is 2. The van der Waals surface area contributed by atoms with Crippen molar-refractivity contribution in [3.8, 4) is 0 Å². The summed E-state index contributed by atoms with van der Waals surface area (Å²) in [4.78, 5) is 2.27. The summed E-state index contributed by atoms with van der Waals surface area (Å²) >= 11 is 6.26. The molecule has 8 heteroatoms. The predicted molar refractivity (Wildman–Crippen MR) is 103 cm³/mol. The van der Waals surface area contributed by atoms with Crippen molar-refractivity contribution >= 4 is 33.0 Å². The molecule has 1 aliphatic rings. The van der Waals surface area contributed by atoms with Crippen molar-refractivity contribution in [2.24, 2.45) is 0 Å². The van der Waals surface area contributed by atoms with E-state index in [1.54, 1.807) is 18.2 Å². The molecule has 3 rings (SSSR count). The smallest absolute Gasteiger partial charge is 0.261 e. The molecule has 1 saturated heterocycles. The molecule has 1 fully saturated rings. The number of hydrogen-bond donors (Lipinski definition) is 2. The molecule has 0 amide bonds. The second-order valence-electron chi connectivity index (χ2n) is 6.48. The lowest BCUT2D eigenvalue weighted by Crippen LogP contribution is -2.36. The Labute approximate surface area is 158 Å². The first kappa shape index (κ1) is 18.9. The number of hydrogen-bond acceptors (Lipinski definition) is 4. The molecular weight excluding hydrogens is 377 g/mol. The summed E-state index contributed by atoms with van der Waals surface area (Å²) in [7, 11) is -1.70. The lowest BCUT2D eigenvalue weighted by Gasteiger charge is -2.30. The van der Waals surface area contributed by atoms with Gasteiger partial charge >= 0.3 is 0 Å². The maximum atomic E-state index is 13.0. The van der Waals surface area contributed by atoms with Gasteiger partial charge in [0.25, 0.3) is 10.0 Å². The number of anilines is 2. The number of sulfonamides is 1. The van der Waals surface area contributed by atoms with Crippen molar-refractivity contribution in [1.82, 2.24) is 4.90 Å². The minimum atomic E-state index is -3.79. The fourth-order valence-corrected chi connectivity index (χ4v) is 4.12. The Bertz CT molecular complexity index is 867. The maximum absolute atomic E-state index is 13.0. The van der Waals surface area contributed by atoms with E-state index in [0.29, 0.717) is 22.4 Å². The van der Waals surface area contributed by atoms with Crippen LogP contribution in [0.25, 0.3) is 0 Å². The molecule has 0 saturated carbocycles. The Morgan fingerprint density at radius 1 is 1.12 bits per heavy atom. The van der Waals surface area contributed by atoms with Crippen molar-refractivity contribution in [2.45, 2.75) is 23.8 Å². The second-order valence-corrected chi connectivity index (χ2v) is 8.57. The van der Waals surface area contributed by atoms with Crippen LogP contribution in [0.4, 0.5) is 15.8 Å². The molecule has 0 aromatic heterocycles. The highest BCUT2D eigenvalue weighted by Gasteiger charge is 2.19. The molecule has 0 radical (unpaired) electrons. The Kier molecular flexibility index (Phi) is 5.70. The van der Waals surface area contributed by atoms with Crippen molar-refractivity contribution in [3.63, 3.8) is 0 Å². The molecule has 2 N–H and O–H groups in total. The van der Waals surface area contributed by atoms with Crippen LogP contribution in [0.3, 0.4) is 0 Å². The van der Waals surface area contributed by atoms with Gasteiger partial charge in [-0.2, -0.15) is 0 Å². The summed E-state index contributed by atoms with van der Waals surface area (Å²) in [5.41, 5.74) is 1.09. The third kappa shape index (κ3) is 4.66. The molecule has 0 unspecified atom stereocenters. The average Bonchev–Trinajstić information content (AvgIpc) is 2.60. The van der Waals surface area contributed by atoms with E-state index in [2.05, 4.69) is 22.0 Å². The summed E-state index contributed by atoms with van der Waals surface area (Å²) < 4.78 is 40.4. The van der Waals surface area contributed by atoms with E-state index in [1.807, 2.05) is 0 Å².